The van der Waals surface area contributed by atoms with Gasteiger partial charge in [0.05, 0.1) is 0 Å². The number of hydrogen-bond acceptors (Lipinski definition) is 2. The first-order valence-electron chi connectivity index (χ1n) is 5.54. The third-order valence-electron chi connectivity index (χ3n) is 3.37. The highest BCUT2D eigenvalue weighted by atomic mass is 15.1. The van der Waals surface area contributed by atoms with E-state index in [9.17, 15) is 0 Å². The molecule has 1 saturated carbocycles. The normalized spacial score (nSPS) is 23.8. The third-order valence-corrected chi connectivity index (χ3v) is 3.37. The highest BCUT2D eigenvalue weighted by molar-refractivity contribution is 4.84. The fourth-order valence-corrected chi connectivity index (χ4v) is 2.16. The molecule has 0 heterocycles. The van der Waals surface area contributed by atoms with Crippen LogP contribution in [-0.4, -0.2) is 30.1 Å². The lowest BCUT2D eigenvalue weighted by Gasteiger charge is -2.32. The van der Waals surface area contributed by atoms with Gasteiger partial charge in [0.1, 0.15) is 0 Å². The Kier molecular flexibility index (Phi) is 3.74. The summed E-state index contributed by atoms with van der Waals surface area (Å²) in [5.74, 6) is 0. The van der Waals surface area contributed by atoms with Crippen LogP contribution in [0, 0.1) is 0 Å². The molecule has 0 aromatic rings. The van der Waals surface area contributed by atoms with E-state index in [1.165, 1.54) is 25.7 Å². The molecule has 1 rings (SSSR count). The second-order valence-corrected chi connectivity index (χ2v) is 4.86. The summed E-state index contributed by atoms with van der Waals surface area (Å²) < 4.78 is 0. The van der Waals surface area contributed by atoms with E-state index in [0.29, 0.717) is 0 Å². The zero-order valence-corrected chi connectivity index (χ0v) is 9.34. The third kappa shape index (κ3) is 3.28. The van der Waals surface area contributed by atoms with Gasteiger partial charge in [0.15, 0.2) is 0 Å². The van der Waals surface area contributed by atoms with Crippen molar-refractivity contribution < 1.29 is 0 Å². The molecule has 13 heavy (non-hydrogen) atoms. The van der Waals surface area contributed by atoms with Crippen LogP contribution in [0.4, 0.5) is 0 Å². The highest BCUT2D eigenvalue weighted by Crippen LogP contribution is 2.23. The maximum Gasteiger partial charge on any atom is 0.0252 e. The topological polar surface area (TPSA) is 29.3 Å². The Balaban J connectivity index is 2.35. The minimum absolute atomic E-state index is 0.00264. The van der Waals surface area contributed by atoms with Crippen molar-refractivity contribution in [2.45, 2.75) is 57.5 Å². The van der Waals surface area contributed by atoms with Gasteiger partial charge in [-0.3, -0.25) is 0 Å². The monoisotopic (exact) mass is 184 g/mol. The molecule has 1 unspecified atom stereocenters. The van der Waals surface area contributed by atoms with Crippen LogP contribution in [0.2, 0.25) is 0 Å². The molecule has 0 aromatic carbocycles. The molecule has 0 amide bonds. The van der Waals surface area contributed by atoms with Crippen molar-refractivity contribution >= 4 is 0 Å². The van der Waals surface area contributed by atoms with E-state index in [1.54, 1.807) is 0 Å². The van der Waals surface area contributed by atoms with Crippen molar-refractivity contribution in [2.75, 3.05) is 13.6 Å². The van der Waals surface area contributed by atoms with Crippen molar-refractivity contribution in [2.24, 2.45) is 5.73 Å². The number of likely N-dealkylation sites (N-methyl/N-ethyl adjacent to an activating group) is 1. The van der Waals surface area contributed by atoms with Crippen LogP contribution in [0.15, 0.2) is 0 Å². The Morgan fingerprint density at radius 2 is 1.92 bits per heavy atom. The quantitative estimate of drug-likeness (QED) is 0.724. The van der Waals surface area contributed by atoms with E-state index in [-0.39, 0.29) is 5.54 Å². The molecular weight excluding hydrogens is 160 g/mol. The molecule has 0 bridgehead atoms. The molecule has 0 aromatic heterocycles. The molecule has 78 valence electrons. The zero-order valence-electron chi connectivity index (χ0n) is 9.34. The van der Waals surface area contributed by atoms with E-state index in [4.69, 9.17) is 5.73 Å². The first-order valence-corrected chi connectivity index (χ1v) is 5.54. The van der Waals surface area contributed by atoms with Crippen molar-refractivity contribution in [3.63, 3.8) is 0 Å². The van der Waals surface area contributed by atoms with Gasteiger partial charge in [-0.05, 0) is 33.2 Å². The lowest BCUT2D eigenvalue weighted by molar-refractivity contribution is 0.193. The van der Waals surface area contributed by atoms with Gasteiger partial charge in [0.25, 0.3) is 0 Å². The number of nitrogens with zero attached hydrogens (tertiary/aromatic N) is 1. The van der Waals surface area contributed by atoms with E-state index < -0.39 is 0 Å². The summed E-state index contributed by atoms with van der Waals surface area (Å²) in [7, 11) is 2.22. The SMILES string of the molecule is CCC(C)(N)CN(C)C1CCCC1. The van der Waals surface area contributed by atoms with Gasteiger partial charge in [-0.2, -0.15) is 0 Å². The first-order chi connectivity index (χ1) is 6.05. The van der Waals surface area contributed by atoms with E-state index in [0.717, 1.165) is 19.0 Å². The van der Waals surface area contributed by atoms with Crippen LogP contribution < -0.4 is 5.73 Å². The van der Waals surface area contributed by atoms with Crippen molar-refractivity contribution in [3.8, 4) is 0 Å². The number of hydrogen-bond donors (Lipinski definition) is 1. The van der Waals surface area contributed by atoms with Gasteiger partial charge in [-0.25, -0.2) is 0 Å². The molecule has 0 spiro atoms. The van der Waals surface area contributed by atoms with Crippen LogP contribution in [0.5, 0.6) is 0 Å². The molecule has 1 fully saturated rings. The maximum atomic E-state index is 6.14. The summed E-state index contributed by atoms with van der Waals surface area (Å²) in [6.45, 7) is 5.36. The molecule has 0 radical (unpaired) electrons. The molecule has 2 heteroatoms. The van der Waals surface area contributed by atoms with Crippen LogP contribution in [-0.2, 0) is 0 Å². The number of rotatable bonds is 4. The summed E-state index contributed by atoms with van der Waals surface area (Å²) in [5.41, 5.74) is 6.14. The molecule has 0 saturated heterocycles. The summed E-state index contributed by atoms with van der Waals surface area (Å²) in [6.07, 6.45) is 6.61. The first kappa shape index (κ1) is 11.0. The average molecular weight is 184 g/mol. The van der Waals surface area contributed by atoms with Crippen LogP contribution in [0.1, 0.15) is 46.0 Å². The van der Waals surface area contributed by atoms with Crippen LogP contribution in [0.25, 0.3) is 0 Å². The van der Waals surface area contributed by atoms with Gasteiger partial charge in [0, 0.05) is 18.1 Å². The van der Waals surface area contributed by atoms with E-state index in [2.05, 4.69) is 25.8 Å². The summed E-state index contributed by atoms with van der Waals surface area (Å²) in [4.78, 5) is 2.45. The van der Waals surface area contributed by atoms with Crippen molar-refractivity contribution in [3.05, 3.63) is 0 Å². The largest absolute Gasteiger partial charge is 0.324 e. The fraction of sp³-hybridized carbons (Fsp3) is 1.00. The fourth-order valence-electron chi connectivity index (χ4n) is 2.16. The second kappa shape index (κ2) is 4.43. The second-order valence-electron chi connectivity index (χ2n) is 4.86. The Morgan fingerprint density at radius 3 is 2.38 bits per heavy atom. The lowest BCUT2D eigenvalue weighted by atomic mass is 9.99. The standard InChI is InChI=1S/C11H24N2/c1-4-11(2,12)9-13(3)10-7-5-6-8-10/h10H,4-9,12H2,1-3H3. The Morgan fingerprint density at radius 1 is 1.38 bits per heavy atom. The minimum Gasteiger partial charge on any atom is -0.324 e. The summed E-state index contributed by atoms with van der Waals surface area (Å²) >= 11 is 0. The predicted molar refractivity (Wildman–Crippen MR) is 57.8 cm³/mol. The van der Waals surface area contributed by atoms with Crippen molar-refractivity contribution in [1.29, 1.82) is 0 Å². The molecular formula is C11H24N2. The molecule has 2 N–H and O–H groups in total. The number of nitrogens with two attached hydrogens (primary N) is 1. The Labute approximate surface area is 82.5 Å². The van der Waals surface area contributed by atoms with Gasteiger partial charge >= 0.3 is 0 Å². The van der Waals surface area contributed by atoms with E-state index in [1.807, 2.05) is 0 Å². The average Bonchev–Trinajstić information content (AvgIpc) is 2.55. The van der Waals surface area contributed by atoms with Crippen LogP contribution >= 0.6 is 0 Å². The smallest absolute Gasteiger partial charge is 0.0252 e. The molecule has 1 aliphatic rings. The molecule has 1 aliphatic carbocycles. The summed E-state index contributed by atoms with van der Waals surface area (Å²) in [5, 5.41) is 0. The highest BCUT2D eigenvalue weighted by Gasteiger charge is 2.24. The van der Waals surface area contributed by atoms with Gasteiger partial charge in [-0.1, -0.05) is 19.8 Å². The lowest BCUT2D eigenvalue weighted by Crippen LogP contribution is -2.48. The van der Waals surface area contributed by atoms with Crippen molar-refractivity contribution in [1.82, 2.24) is 4.90 Å². The minimum atomic E-state index is -0.00264. The predicted octanol–water partition coefficient (Wildman–Crippen LogP) is 1.99. The van der Waals surface area contributed by atoms with Gasteiger partial charge < -0.3 is 10.6 Å². The molecule has 2 nitrogen and oxygen atoms in total. The van der Waals surface area contributed by atoms with E-state index >= 15 is 0 Å². The van der Waals surface area contributed by atoms with Crippen LogP contribution in [0.3, 0.4) is 0 Å². The maximum absolute atomic E-state index is 6.14. The summed E-state index contributed by atoms with van der Waals surface area (Å²) in [6, 6.07) is 0.800. The Bertz CT molecular complexity index is 148. The Hall–Kier alpha value is -0.0800. The molecule has 1 atom stereocenters. The van der Waals surface area contributed by atoms with Gasteiger partial charge in [-0.15, -0.1) is 0 Å². The zero-order chi connectivity index (χ0) is 9.90. The molecule has 0 aliphatic heterocycles. The van der Waals surface area contributed by atoms with Gasteiger partial charge in [0.2, 0.25) is 0 Å².